The number of H-pyrrole nitrogens is 1. The molecule has 0 saturated carbocycles. The molecule has 7 nitrogen and oxygen atoms in total. The van der Waals surface area contributed by atoms with Crippen molar-refractivity contribution in [3.63, 3.8) is 0 Å². The standard InChI is InChI=1S/C27H27ClFN3O4/c1-6-30-26(34)19-12-21-23(31-19)24(33)18(28)13-32(21)20-11-16(27(4,5)35)7-8-22(20)36-25-14(2)9-17(29)10-15(25)3/h7-13,31,35H,6H2,1-5H3,(H,30,34). The highest BCUT2D eigenvalue weighted by atomic mass is 35.5. The first-order chi connectivity index (χ1) is 16.9. The van der Waals surface area contributed by atoms with Crippen LogP contribution in [0.4, 0.5) is 4.39 Å². The third-order valence-corrected chi connectivity index (χ3v) is 6.16. The topological polar surface area (TPSA) is 96.4 Å². The molecule has 0 atom stereocenters. The number of ether oxygens (including phenoxy) is 1. The van der Waals surface area contributed by atoms with E-state index in [2.05, 4.69) is 10.3 Å². The Morgan fingerprint density at radius 1 is 1.19 bits per heavy atom. The third-order valence-electron chi connectivity index (χ3n) is 5.89. The van der Waals surface area contributed by atoms with Crippen molar-refractivity contribution in [3.8, 4) is 17.2 Å². The molecule has 0 unspecified atom stereocenters. The summed E-state index contributed by atoms with van der Waals surface area (Å²) in [4.78, 5) is 28.2. The molecule has 9 heteroatoms. The fourth-order valence-corrected chi connectivity index (χ4v) is 4.28. The van der Waals surface area contributed by atoms with Crippen LogP contribution in [0.15, 0.2) is 47.4 Å². The number of fused-ring (bicyclic) bond motifs is 1. The van der Waals surface area contributed by atoms with Crippen LogP contribution in [0.25, 0.3) is 16.7 Å². The first-order valence-electron chi connectivity index (χ1n) is 11.4. The van der Waals surface area contributed by atoms with Gasteiger partial charge in [-0.2, -0.15) is 0 Å². The lowest BCUT2D eigenvalue weighted by Gasteiger charge is -2.22. The van der Waals surface area contributed by atoms with E-state index in [1.54, 1.807) is 63.5 Å². The van der Waals surface area contributed by atoms with E-state index in [0.717, 1.165) is 0 Å². The molecule has 4 aromatic rings. The molecule has 36 heavy (non-hydrogen) atoms. The van der Waals surface area contributed by atoms with Crippen LogP contribution in [0.1, 0.15) is 48.0 Å². The molecule has 0 aliphatic carbocycles. The number of pyridine rings is 1. The second kappa shape index (κ2) is 9.44. The van der Waals surface area contributed by atoms with Gasteiger partial charge in [-0.15, -0.1) is 0 Å². The maximum absolute atomic E-state index is 13.9. The zero-order chi connectivity index (χ0) is 26.4. The summed E-state index contributed by atoms with van der Waals surface area (Å²) in [6, 6.07) is 9.47. The predicted molar refractivity (Wildman–Crippen MR) is 138 cm³/mol. The molecule has 1 amide bonds. The highest BCUT2D eigenvalue weighted by Gasteiger charge is 2.22. The smallest absolute Gasteiger partial charge is 0.267 e. The Balaban J connectivity index is 2.00. The Morgan fingerprint density at radius 3 is 2.47 bits per heavy atom. The molecule has 0 saturated heterocycles. The lowest BCUT2D eigenvalue weighted by Crippen LogP contribution is -2.22. The van der Waals surface area contributed by atoms with Gasteiger partial charge in [0.1, 0.15) is 27.8 Å². The van der Waals surface area contributed by atoms with Crippen LogP contribution in [0.5, 0.6) is 11.5 Å². The van der Waals surface area contributed by atoms with Crippen LogP contribution < -0.4 is 15.5 Å². The van der Waals surface area contributed by atoms with Gasteiger partial charge in [0.15, 0.2) is 5.75 Å². The summed E-state index contributed by atoms with van der Waals surface area (Å²) in [5.41, 5.74) is 1.37. The zero-order valence-electron chi connectivity index (χ0n) is 20.6. The Kier molecular flexibility index (Phi) is 6.68. The third kappa shape index (κ3) is 4.74. The monoisotopic (exact) mass is 511 g/mol. The number of carbonyl (C=O) groups is 1. The molecule has 0 aliphatic heterocycles. The number of aromatic amines is 1. The quantitative estimate of drug-likeness (QED) is 0.318. The van der Waals surface area contributed by atoms with E-state index in [1.165, 1.54) is 18.3 Å². The minimum Gasteiger partial charge on any atom is -0.455 e. The zero-order valence-corrected chi connectivity index (χ0v) is 21.4. The molecular formula is C27H27ClFN3O4. The number of nitrogens with zero attached hydrogens (tertiary/aromatic N) is 1. The Bertz CT molecular complexity index is 1530. The lowest BCUT2D eigenvalue weighted by molar-refractivity contribution is 0.0785. The van der Waals surface area contributed by atoms with Crippen LogP contribution in [-0.2, 0) is 5.60 Å². The maximum atomic E-state index is 13.9. The van der Waals surface area contributed by atoms with Crippen molar-refractivity contribution in [3.05, 3.63) is 86.0 Å². The molecule has 0 bridgehead atoms. The fourth-order valence-electron chi connectivity index (χ4n) is 4.09. The summed E-state index contributed by atoms with van der Waals surface area (Å²) in [5, 5.41) is 13.3. The van der Waals surface area contributed by atoms with Crippen molar-refractivity contribution in [2.24, 2.45) is 0 Å². The second-order valence-electron chi connectivity index (χ2n) is 9.19. The summed E-state index contributed by atoms with van der Waals surface area (Å²) in [5.74, 6) is 0.126. The van der Waals surface area contributed by atoms with E-state index in [0.29, 0.717) is 45.9 Å². The normalized spacial score (nSPS) is 11.7. The average Bonchev–Trinajstić information content (AvgIpc) is 3.24. The number of hydrogen-bond donors (Lipinski definition) is 3. The van der Waals surface area contributed by atoms with Gasteiger partial charge in [-0.1, -0.05) is 17.7 Å². The van der Waals surface area contributed by atoms with Crippen LogP contribution in [0, 0.1) is 19.7 Å². The highest BCUT2D eigenvalue weighted by Crippen LogP contribution is 2.37. The molecule has 4 rings (SSSR count). The number of carbonyl (C=O) groups excluding carboxylic acids is 1. The number of aliphatic hydroxyl groups is 1. The number of hydrogen-bond acceptors (Lipinski definition) is 4. The van der Waals surface area contributed by atoms with Gasteiger partial charge in [0.05, 0.1) is 16.8 Å². The van der Waals surface area contributed by atoms with Crippen molar-refractivity contribution >= 4 is 28.5 Å². The van der Waals surface area contributed by atoms with E-state index < -0.39 is 11.0 Å². The summed E-state index contributed by atoms with van der Waals surface area (Å²) in [7, 11) is 0. The van der Waals surface area contributed by atoms with E-state index in [1.807, 2.05) is 0 Å². The molecule has 2 aromatic heterocycles. The highest BCUT2D eigenvalue weighted by molar-refractivity contribution is 6.31. The maximum Gasteiger partial charge on any atom is 0.267 e. The Labute approximate surface area is 212 Å². The van der Waals surface area contributed by atoms with Crippen molar-refractivity contribution < 1.29 is 19.0 Å². The molecule has 0 fully saturated rings. The first-order valence-corrected chi connectivity index (χ1v) is 11.8. The van der Waals surface area contributed by atoms with Crippen molar-refractivity contribution in [1.29, 1.82) is 0 Å². The molecule has 188 valence electrons. The van der Waals surface area contributed by atoms with Gasteiger partial charge in [0.25, 0.3) is 5.91 Å². The fraction of sp³-hybridized carbons (Fsp3) is 0.259. The van der Waals surface area contributed by atoms with Crippen LogP contribution >= 0.6 is 11.6 Å². The Morgan fingerprint density at radius 2 is 1.86 bits per heavy atom. The van der Waals surface area contributed by atoms with Crippen LogP contribution in [0.2, 0.25) is 5.02 Å². The van der Waals surface area contributed by atoms with Crippen molar-refractivity contribution in [2.45, 2.75) is 40.2 Å². The number of halogens is 2. The number of amides is 1. The van der Waals surface area contributed by atoms with Gasteiger partial charge in [0, 0.05) is 12.7 Å². The molecule has 3 N–H and O–H groups in total. The number of benzene rings is 2. The Hall–Kier alpha value is -3.62. The molecule has 0 spiro atoms. The molecule has 2 aromatic carbocycles. The summed E-state index contributed by atoms with van der Waals surface area (Å²) < 4.78 is 21.8. The van der Waals surface area contributed by atoms with Crippen molar-refractivity contribution in [2.75, 3.05) is 6.54 Å². The largest absolute Gasteiger partial charge is 0.455 e. The number of aryl methyl sites for hydroxylation is 2. The first kappa shape index (κ1) is 25.5. The predicted octanol–water partition coefficient (Wildman–Crippen LogP) is 5.50. The summed E-state index contributed by atoms with van der Waals surface area (Å²) in [6.07, 6.45) is 1.45. The minimum atomic E-state index is -1.18. The van der Waals surface area contributed by atoms with E-state index in [-0.39, 0.29) is 28.0 Å². The molecule has 0 aliphatic rings. The van der Waals surface area contributed by atoms with E-state index in [4.69, 9.17) is 16.3 Å². The summed E-state index contributed by atoms with van der Waals surface area (Å²) >= 11 is 6.32. The van der Waals surface area contributed by atoms with Gasteiger partial charge in [-0.05, 0) is 81.6 Å². The average molecular weight is 512 g/mol. The molecule has 0 radical (unpaired) electrons. The number of rotatable bonds is 6. The van der Waals surface area contributed by atoms with Gasteiger partial charge >= 0.3 is 0 Å². The van der Waals surface area contributed by atoms with Gasteiger partial charge in [0.2, 0.25) is 5.43 Å². The van der Waals surface area contributed by atoms with E-state index >= 15 is 0 Å². The van der Waals surface area contributed by atoms with Gasteiger partial charge in [-0.3, -0.25) is 9.59 Å². The van der Waals surface area contributed by atoms with Gasteiger partial charge < -0.3 is 24.7 Å². The second-order valence-corrected chi connectivity index (χ2v) is 9.60. The van der Waals surface area contributed by atoms with Crippen LogP contribution in [0.3, 0.4) is 0 Å². The lowest BCUT2D eigenvalue weighted by atomic mass is 9.97. The SMILES string of the molecule is CCNC(=O)c1cc2c([nH]1)c(=O)c(Cl)cn2-c1cc(C(C)(C)O)ccc1Oc1c(C)cc(F)cc1C. The molecule has 2 heterocycles. The van der Waals surface area contributed by atoms with Crippen molar-refractivity contribution in [1.82, 2.24) is 14.9 Å². The minimum absolute atomic E-state index is 0.0689. The van der Waals surface area contributed by atoms with E-state index in [9.17, 15) is 19.1 Å². The van der Waals surface area contributed by atoms with Crippen LogP contribution in [-0.4, -0.2) is 27.1 Å². The number of aromatic nitrogens is 2. The number of nitrogens with one attached hydrogen (secondary N) is 2. The van der Waals surface area contributed by atoms with Gasteiger partial charge in [-0.25, -0.2) is 4.39 Å². The summed E-state index contributed by atoms with van der Waals surface area (Å²) in [6.45, 7) is 9.00. The molecular weight excluding hydrogens is 485 g/mol.